The first-order valence-electron chi connectivity index (χ1n) is 8.47. The van der Waals surface area contributed by atoms with Crippen LogP contribution in [0.2, 0.25) is 0 Å². The summed E-state index contributed by atoms with van der Waals surface area (Å²) in [7, 11) is 0. The zero-order valence-electron chi connectivity index (χ0n) is 14.6. The van der Waals surface area contributed by atoms with Gasteiger partial charge >= 0.3 is 5.84 Å². The minimum Gasteiger partial charge on any atom is -0.336 e. The van der Waals surface area contributed by atoms with Crippen molar-refractivity contribution in [2.45, 2.75) is 13.5 Å². The minimum absolute atomic E-state index is 0.310. The second-order valence-electron chi connectivity index (χ2n) is 6.42. The summed E-state index contributed by atoms with van der Waals surface area (Å²) in [4.78, 5) is 0. The van der Waals surface area contributed by atoms with Crippen LogP contribution in [-0.4, -0.2) is 10.4 Å². The number of aryl methyl sites for hydroxylation is 1. The van der Waals surface area contributed by atoms with Gasteiger partial charge in [-0.05, 0) is 36.8 Å². The average Bonchev–Trinajstić information content (AvgIpc) is 2.96. The summed E-state index contributed by atoms with van der Waals surface area (Å²) in [6.07, 6.45) is 0. The van der Waals surface area contributed by atoms with Crippen LogP contribution in [0.1, 0.15) is 16.7 Å². The van der Waals surface area contributed by atoms with Gasteiger partial charge in [0.1, 0.15) is 0 Å². The smallest absolute Gasteiger partial charge is 0.336 e. The Bertz CT molecular complexity index is 1150. The summed E-state index contributed by atoms with van der Waals surface area (Å²) < 4.78 is 2.34. The maximum atomic E-state index is 5.96. The number of amidine groups is 1. The van der Waals surface area contributed by atoms with E-state index in [4.69, 9.17) is 11.3 Å². The Morgan fingerprint density at radius 2 is 1.77 bits per heavy atom. The molecule has 5 heteroatoms. The highest BCUT2D eigenvalue weighted by Crippen LogP contribution is 2.30. The van der Waals surface area contributed by atoms with Gasteiger partial charge in [-0.3, -0.25) is 11.3 Å². The lowest BCUT2D eigenvalue weighted by molar-refractivity contribution is -0.114. The Labute approximate surface area is 151 Å². The van der Waals surface area contributed by atoms with E-state index in [1.165, 1.54) is 22.0 Å². The number of hydrogen-bond donors (Lipinski definition) is 2. The van der Waals surface area contributed by atoms with Crippen molar-refractivity contribution in [3.63, 3.8) is 0 Å². The molecular formula is C21H20N5+. The van der Waals surface area contributed by atoms with E-state index in [0.29, 0.717) is 5.84 Å². The molecule has 1 heterocycles. The Kier molecular flexibility index (Phi) is 3.97. The van der Waals surface area contributed by atoms with E-state index in [1.807, 2.05) is 6.07 Å². The molecule has 5 nitrogen and oxygen atoms in total. The molecule has 26 heavy (non-hydrogen) atoms. The van der Waals surface area contributed by atoms with Gasteiger partial charge in [-0.25, -0.2) is 0 Å². The number of fused-ring (bicyclic) bond motifs is 3. The largest absolute Gasteiger partial charge is 0.350 e. The van der Waals surface area contributed by atoms with Crippen LogP contribution in [-0.2, 0) is 6.54 Å². The first-order chi connectivity index (χ1) is 12.7. The third kappa shape index (κ3) is 2.73. The first kappa shape index (κ1) is 16.0. The van der Waals surface area contributed by atoms with Gasteiger partial charge in [-0.1, -0.05) is 48.0 Å². The average molecular weight is 342 g/mol. The number of aromatic nitrogens is 1. The van der Waals surface area contributed by atoms with Crippen LogP contribution in [0.25, 0.3) is 21.8 Å². The van der Waals surface area contributed by atoms with Crippen molar-refractivity contribution < 1.29 is 5.41 Å². The van der Waals surface area contributed by atoms with Gasteiger partial charge in [0.2, 0.25) is 0 Å². The van der Waals surface area contributed by atoms with E-state index in [2.05, 4.69) is 82.5 Å². The molecule has 4 N–H and O–H groups in total. The molecule has 3 aromatic carbocycles. The second-order valence-corrected chi connectivity index (χ2v) is 6.42. The number of nitrogens with zero attached hydrogens (tertiary/aromatic N) is 3. The van der Waals surface area contributed by atoms with Crippen molar-refractivity contribution >= 4 is 27.6 Å². The van der Waals surface area contributed by atoms with Crippen LogP contribution < -0.4 is 11.3 Å². The lowest BCUT2D eigenvalue weighted by atomic mass is 10.1. The van der Waals surface area contributed by atoms with Gasteiger partial charge in [0.05, 0.1) is 10.7 Å². The highest BCUT2D eigenvalue weighted by molar-refractivity contribution is 6.10. The van der Waals surface area contributed by atoms with E-state index in [0.717, 1.165) is 23.0 Å². The predicted octanol–water partition coefficient (Wildman–Crippen LogP) is 2.98. The molecule has 0 saturated heterocycles. The summed E-state index contributed by atoms with van der Waals surface area (Å²) in [5.74, 6) is 5.44. The molecule has 0 spiro atoms. The van der Waals surface area contributed by atoms with E-state index in [-0.39, 0.29) is 0 Å². The summed E-state index contributed by atoms with van der Waals surface area (Å²) in [6.45, 7) is 2.93. The lowest BCUT2D eigenvalue weighted by Gasteiger charge is -2.08. The van der Waals surface area contributed by atoms with E-state index in [9.17, 15) is 0 Å². The molecule has 128 valence electrons. The number of nitrogens with two attached hydrogens (primary N) is 2. The van der Waals surface area contributed by atoms with Gasteiger partial charge in [0.25, 0.3) is 0 Å². The molecule has 0 fully saturated rings. The lowest BCUT2D eigenvalue weighted by Crippen LogP contribution is -2.38. The van der Waals surface area contributed by atoms with Crippen LogP contribution in [0.5, 0.6) is 0 Å². The maximum Gasteiger partial charge on any atom is 0.350 e. The van der Waals surface area contributed by atoms with E-state index >= 15 is 0 Å². The van der Waals surface area contributed by atoms with Gasteiger partial charge in [0.15, 0.2) is 0 Å². The molecule has 0 saturated carbocycles. The quantitative estimate of drug-likeness (QED) is 0.194. The van der Waals surface area contributed by atoms with Gasteiger partial charge in [0, 0.05) is 33.6 Å². The number of hydrogen-bond acceptors (Lipinski definition) is 1. The number of benzene rings is 3. The van der Waals surface area contributed by atoms with E-state index in [1.54, 1.807) is 0 Å². The molecule has 0 atom stereocenters. The van der Waals surface area contributed by atoms with Crippen LogP contribution in [0.4, 0.5) is 0 Å². The van der Waals surface area contributed by atoms with Crippen molar-refractivity contribution in [2.24, 2.45) is 16.2 Å². The SMILES string of the molecule is Cc1cccc(Cn2c3ccccc3c3cc(C(=[NH2+])N=NN)ccc32)c1. The topological polar surface area (TPSA) is 81.3 Å². The predicted molar refractivity (Wildman–Crippen MR) is 105 cm³/mol. The molecular weight excluding hydrogens is 322 g/mol. The Hall–Kier alpha value is -3.47. The monoisotopic (exact) mass is 342 g/mol. The van der Waals surface area contributed by atoms with E-state index < -0.39 is 0 Å². The van der Waals surface area contributed by atoms with Gasteiger partial charge in [-0.2, -0.15) is 0 Å². The summed E-state index contributed by atoms with van der Waals surface area (Å²) in [5.41, 5.74) is 5.71. The van der Waals surface area contributed by atoms with Crippen LogP contribution >= 0.6 is 0 Å². The van der Waals surface area contributed by atoms with Crippen molar-refractivity contribution in [2.75, 3.05) is 0 Å². The molecule has 0 amide bonds. The molecule has 0 radical (unpaired) electrons. The fourth-order valence-electron chi connectivity index (χ4n) is 3.50. The third-order valence-electron chi connectivity index (χ3n) is 4.66. The minimum atomic E-state index is 0.310. The molecule has 0 unspecified atom stereocenters. The molecule has 1 aromatic heterocycles. The summed E-state index contributed by atoms with van der Waals surface area (Å²) in [5, 5.41) is 15.3. The zero-order valence-corrected chi connectivity index (χ0v) is 14.6. The zero-order chi connectivity index (χ0) is 18.1. The number of para-hydroxylation sites is 1. The number of rotatable bonds is 3. The molecule has 4 rings (SSSR count). The van der Waals surface area contributed by atoms with Crippen molar-refractivity contribution in [1.82, 2.24) is 4.57 Å². The molecule has 0 aliphatic rings. The second kappa shape index (κ2) is 6.44. The maximum absolute atomic E-state index is 5.96. The summed E-state index contributed by atoms with van der Waals surface area (Å²) >= 11 is 0. The van der Waals surface area contributed by atoms with Crippen LogP contribution in [0.3, 0.4) is 0 Å². The molecule has 0 aliphatic carbocycles. The van der Waals surface area contributed by atoms with Crippen LogP contribution in [0.15, 0.2) is 77.1 Å². The Morgan fingerprint density at radius 1 is 0.962 bits per heavy atom. The highest BCUT2D eigenvalue weighted by atomic mass is 15.3. The standard InChI is InChI=1S/C21H19N5/c1-14-5-4-6-15(11-14)13-26-19-8-3-2-7-17(19)18-12-16(9-10-20(18)26)21(22)24-25-23/h2-12H,13H2,1H3,(H3,22,23,24)/p+1. The van der Waals surface area contributed by atoms with Crippen molar-refractivity contribution in [3.05, 3.63) is 83.4 Å². The van der Waals surface area contributed by atoms with Crippen molar-refractivity contribution in [3.8, 4) is 0 Å². The fraction of sp³-hybridized carbons (Fsp3) is 0.0952. The fourth-order valence-corrected chi connectivity index (χ4v) is 3.50. The Balaban J connectivity index is 1.92. The van der Waals surface area contributed by atoms with Gasteiger partial charge in [-0.15, -0.1) is 0 Å². The molecule has 0 bridgehead atoms. The first-order valence-corrected chi connectivity index (χ1v) is 8.47. The molecule has 0 aliphatic heterocycles. The van der Waals surface area contributed by atoms with Gasteiger partial charge < -0.3 is 4.57 Å². The summed E-state index contributed by atoms with van der Waals surface area (Å²) in [6, 6.07) is 23.1. The highest BCUT2D eigenvalue weighted by Gasteiger charge is 2.15. The molecule has 4 aromatic rings. The third-order valence-corrected chi connectivity index (χ3v) is 4.66. The van der Waals surface area contributed by atoms with Crippen LogP contribution in [0, 0.1) is 6.92 Å². The Morgan fingerprint density at radius 3 is 2.58 bits per heavy atom. The normalized spacial score (nSPS) is 11.6. The van der Waals surface area contributed by atoms with Crippen molar-refractivity contribution in [1.29, 1.82) is 0 Å².